The second-order valence-electron chi connectivity index (χ2n) is 25.4. The first-order chi connectivity index (χ1) is 45.8. The molecular formula is C81H114O13. The number of esters is 4. The molecule has 0 radical (unpaired) electrons. The minimum atomic E-state index is -0.528. The third kappa shape index (κ3) is 29.2. The van der Waals surface area contributed by atoms with Crippen LogP contribution in [0.4, 0.5) is 0 Å². The van der Waals surface area contributed by atoms with Crippen LogP contribution in [0.5, 0.6) is 23.0 Å². The van der Waals surface area contributed by atoms with Crippen molar-refractivity contribution in [3.63, 3.8) is 0 Å². The average Bonchev–Trinajstić information content (AvgIpc) is 0.825. The molecule has 0 saturated carbocycles. The molecule has 0 aromatic heterocycles. The zero-order valence-corrected chi connectivity index (χ0v) is 58.3. The smallest absolute Gasteiger partial charge is 0.330 e. The lowest BCUT2D eigenvalue weighted by Crippen LogP contribution is -2.13. The minimum absolute atomic E-state index is 0.162. The number of hydrogen-bond donors (Lipinski definition) is 0. The number of carbonyl (C=O) groups is 5. The zero-order valence-electron chi connectivity index (χ0n) is 58.3. The van der Waals surface area contributed by atoms with Crippen molar-refractivity contribution in [1.82, 2.24) is 0 Å². The van der Waals surface area contributed by atoms with Crippen molar-refractivity contribution < 1.29 is 61.9 Å². The Kier molecular flexibility index (Phi) is 38.0. The minimum Gasteiger partial charge on any atom is -0.493 e. The molecule has 94 heavy (non-hydrogen) atoms. The van der Waals surface area contributed by atoms with Crippen LogP contribution in [0.25, 0.3) is 0 Å². The van der Waals surface area contributed by atoms with Crippen molar-refractivity contribution in [2.45, 2.75) is 247 Å². The van der Waals surface area contributed by atoms with Gasteiger partial charge in [0, 0.05) is 43.9 Å². The summed E-state index contributed by atoms with van der Waals surface area (Å²) in [4.78, 5) is 61.7. The number of Topliss-reactive ketones (excluding diaryl/α,β-unsaturated/α-hetero) is 1. The summed E-state index contributed by atoms with van der Waals surface area (Å²) in [5.41, 5.74) is 12.4. The lowest BCUT2D eigenvalue weighted by atomic mass is 9.87. The van der Waals surface area contributed by atoms with E-state index in [1.807, 2.05) is 0 Å². The molecule has 0 heterocycles. The van der Waals surface area contributed by atoms with E-state index in [4.69, 9.17) is 37.9 Å². The molecule has 13 nitrogen and oxygen atoms in total. The van der Waals surface area contributed by atoms with Gasteiger partial charge in [0.25, 0.3) is 0 Å². The van der Waals surface area contributed by atoms with Crippen LogP contribution in [-0.4, -0.2) is 82.5 Å². The van der Waals surface area contributed by atoms with E-state index in [1.165, 1.54) is 31.6 Å². The first-order valence-corrected chi connectivity index (χ1v) is 36.0. The summed E-state index contributed by atoms with van der Waals surface area (Å²) in [5, 5.41) is 0. The van der Waals surface area contributed by atoms with Gasteiger partial charge in [0.1, 0.15) is 35.2 Å². The van der Waals surface area contributed by atoms with Gasteiger partial charge in [-0.1, -0.05) is 199 Å². The Morgan fingerprint density at radius 1 is 0.319 bits per heavy atom. The zero-order chi connectivity index (χ0) is 67.6. The van der Waals surface area contributed by atoms with Crippen LogP contribution in [-0.2, 0) is 94.3 Å². The Morgan fingerprint density at radius 3 is 0.755 bits per heavy atom. The number of unbranched alkanes of at least 4 members (excludes halogenated alkanes) is 16. The standard InChI is InChI=1S/C81H114O13/c1-9-16-20-24-28-40-91-78-66-49-62(36-32-44-87-74(83)13-5)50-67(78)58-69-52-64(38-34-46-89-76(85)15-7)54-71(80(69)93-42-30-26-22-18-11-3)60-73-56-65(39-35-47-90-77(86)48-61(8)82)55-72(81(73)94-43-31-27-23-19-12-4)59-70-53-63(37-33-45-88-75(84)14-6)51-68(57-66)79(70)92-41-29-25-21-17-10-2/h13-15,49-56H,5-7,9-12,16-48,57-60H2,1-4,8H3. The first-order valence-electron chi connectivity index (χ1n) is 36.0. The Balaban J connectivity index is 1.92. The maximum Gasteiger partial charge on any atom is 0.330 e. The van der Waals surface area contributed by atoms with Crippen molar-refractivity contribution >= 4 is 29.7 Å². The lowest BCUT2D eigenvalue weighted by Gasteiger charge is -2.25. The van der Waals surface area contributed by atoms with E-state index in [0.29, 0.717) is 103 Å². The Bertz CT molecular complexity index is 2840. The Morgan fingerprint density at radius 2 is 0.543 bits per heavy atom. The summed E-state index contributed by atoms with van der Waals surface area (Å²) in [6.07, 6.45) is 31.4. The van der Waals surface area contributed by atoms with Crippen LogP contribution >= 0.6 is 0 Å². The van der Waals surface area contributed by atoms with Crippen LogP contribution in [0.2, 0.25) is 0 Å². The largest absolute Gasteiger partial charge is 0.493 e. The number of aryl methyl sites for hydroxylation is 4. The maximum atomic E-state index is 12.7. The highest BCUT2D eigenvalue weighted by Gasteiger charge is 2.26. The van der Waals surface area contributed by atoms with Gasteiger partial charge in [-0.05, 0) is 151 Å². The fraction of sp³-hybridized carbons (Fsp3) is 0.568. The van der Waals surface area contributed by atoms with Gasteiger partial charge in [-0.15, -0.1) is 0 Å². The summed E-state index contributed by atoms with van der Waals surface area (Å²) in [6, 6.07) is 18.2. The second-order valence-corrected chi connectivity index (χ2v) is 25.4. The Labute approximate surface area is 564 Å². The summed E-state index contributed by atoms with van der Waals surface area (Å²) in [5.74, 6) is 1.19. The average molecular weight is 1300 g/mol. The van der Waals surface area contributed by atoms with Crippen molar-refractivity contribution in [3.05, 3.63) is 153 Å². The van der Waals surface area contributed by atoms with Gasteiger partial charge >= 0.3 is 23.9 Å². The fourth-order valence-electron chi connectivity index (χ4n) is 12.3. The van der Waals surface area contributed by atoms with Crippen molar-refractivity contribution in [2.24, 2.45) is 0 Å². The highest BCUT2D eigenvalue weighted by atomic mass is 16.5. The number of benzene rings is 4. The van der Waals surface area contributed by atoms with Crippen molar-refractivity contribution in [1.29, 1.82) is 0 Å². The third-order valence-corrected chi connectivity index (χ3v) is 17.0. The quantitative estimate of drug-likeness (QED) is 0.0119. The van der Waals surface area contributed by atoms with Gasteiger partial charge in [0.2, 0.25) is 0 Å². The predicted molar refractivity (Wildman–Crippen MR) is 377 cm³/mol. The molecule has 0 N–H and O–H groups in total. The lowest BCUT2D eigenvalue weighted by molar-refractivity contribution is -0.146. The van der Waals surface area contributed by atoms with Crippen LogP contribution in [0.3, 0.4) is 0 Å². The number of hydrogen-bond acceptors (Lipinski definition) is 13. The predicted octanol–water partition coefficient (Wildman–Crippen LogP) is 18.2. The van der Waals surface area contributed by atoms with Gasteiger partial charge < -0.3 is 37.9 Å². The molecule has 1 aliphatic carbocycles. The molecule has 4 aromatic rings. The number of fused-ring (bicyclic) bond motifs is 8. The highest BCUT2D eigenvalue weighted by molar-refractivity contribution is 5.94. The van der Waals surface area contributed by atoms with Crippen molar-refractivity contribution in [2.75, 3.05) is 52.9 Å². The molecule has 1 aliphatic rings. The number of rotatable bonds is 49. The summed E-state index contributed by atoms with van der Waals surface area (Å²) >= 11 is 0. The van der Waals surface area contributed by atoms with Gasteiger partial charge in [0.05, 0.1) is 52.9 Å². The van der Waals surface area contributed by atoms with E-state index in [2.05, 4.69) is 96.0 Å². The second kappa shape index (κ2) is 46.1. The molecule has 0 spiro atoms. The molecule has 8 bridgehead atoms. The van der Waals surface area contributed by atoms with Gasteiger partial charge in [-0.25, -0.2) is 14.4 Å². The summed E-state index contributed by atoms with van der Waals surface area (Å²) < 4.78 is 51.4. The third-order valence-electron chi connectivity index (χ3n) is 17.0. The molecule has 0 aliphatic heterocycles. The molecule has 4 aromatic carbocycles. The van der Waals surface area contributed by atoms with E-state index >= 15 is 0 Å². The molecular weight excluding hydrogens is 1180 g/mol. The normalized spacial score (nSPS) is 11.7. The van der Waals surface area contributed by atoms with Crippen LogP contribution in [0, 0.1) is 0 Å². The molecule has 5 rings (SSSR count). The van der Waals surface area contributed by atoms with Gasteiger partial charge in [0.15, 0.2) is 0 Å². The number of carbonyl (C=O) groups excluding carboxylic acids is 5. The van der Waals surface area contributed by atoms with E-state index in [-0.39, 0.29) is 38.6 Å². The molecule has 0 saturated heterocycles. The van der Waals surface area contributed by atoms with Crippen LogP contribution in [0.15, 0.2) is 86.5 Å². The van der Waals surface area contributed by atoms with E-state index in [1.54, 1.807) is 0 Å². The number of ketones is 1. The molecule has 0 atom stereocenters. The van der Waals surface area contributed by atoms with Crippen molar-refractivity contribution in [3.8, 4) is 23.0 Å². The van der Waals surface area contributed by atoms with E-state index in [9.17, 15) is 24.0 Å². The van der Waals surface area contributed by atoms with Crippen LogP contribution in [0.1, 0.15) is 262 Å². The SMILES string of the molecule is C=CC(=O)OCCCc1cc2c(OCCCCCCC)c(c1)Cc1cc(CCCOC(=O)C=C)cc(c1OCCCCCCC)Cc1cc(CCCOC(=O)CC(C)=O)cc(c1OCCCCCCC)Cc1cc(CCCOC(=O)C=C)cc(c1OCCCCCCC)C2. The van der Waals surface area contributed by atoms with Crippen LogP contribution < -0.4 is 18.9 Å². The fourth-order valence-corrected chi connectivity index (χ4v) is 12.3. The highest BCUT2D eigenvalue weighted by Crippen LogP contribution is 2.42. The maximum absolute atomic E-state index is 12.7. The monoisotopic (exact) mass is 1290 g/mol. The Hall–Kier alpha value is -7.15. The van der Waals surface area contributed by atoms with Gasteiger partial charge in [-0.2, -0.15) is 0 Å². The molecule has 516 valence electrons. The first kappa shape index (κ1) is 77.6. The van der Waals surface area contributed by atoms with Gasteiger partial charge in [-0.3, -0.25) is 9.59 Å². The molecule has 0 fully saturated rings. The molecule has 13 heteroatoms. The van der Waals surface area contributed by atoms with E-state index < -0.39 is 23.9 Å². The topological polar surface area (TPSA) is 159 Å². The molecule has 0 unspecified atom stereocenters. The summed E-state index contributed by atoms with van der Waals surface area (Å²) in [7, 11) is 0. The summed E-state index contributed by atoms with van der Waals surface area (Å²) in [6.45, 7) is 24.2. The number of ether oxygens (including phenoxy) is 8. The van der Waals surface area contributed by atoms with E-state index in [0.717, 1.165) is 212 Å². The molecule has 0 amide bonds.